The van der Waals surface area contributed by atoms with E-state index in [1.54, 1.807) is 26.2 Å². The summed E-state index contributed by atoms with van der Waals surface area (Å²) in [5, 5.41) is 0. The highest BCUT2D eigenvalue weighted by Gasteiger charge is 2.17. The molecule has 5 nitrogen and oxygen atoms in total. The number of unbranched alkanes of at least 4 members (excludes halogenated alkanes) is 1. The molecule has 0 aliphatic heterocycles. The second-order valence-corrected chi connectivity index (χ2v) is 6.31. The van der Waals surface area contributed by atoms with E-state index < -0.39 is 10.0 Å². The summed E-state index contributed by atoms with van der Waals surface area (Å²) in [6, 6.07) is 3.41. The van der Waals surface area contributed by atoms with Crippen LogP contribution in [0.5, 0.6) is 0 Å². The van der Waals surface area contributed by atoms with Gasteiger partial charge in [-0.25, -0.2) is 13.1 Å². The number of benzene rings is 1. The minimum absolute atomic E-state index is 0.261. The average Bonchev–Trinajstić information content (AvgIpc) is 2.33. The molecule has 3 N–H and O–H groups in total. The first-order chi connectivity index (χ1) is 8.88. The summed E-state index contributed by atoms with van der Waals surface area (Å²) in [5.74, 6) is 0. The zero-order valence-electron chi connectivity index (χ0n) is 11.7. The number of ether oxygens (including phenoxy) is 1. The van der Waals surface area contributed by atoms with Gasteiger partial charge in [0, 0.05) is 25.9 Å². The highest BCUT2D eigenvalue weighted by molar-refractivity contribution is 7.89. The molecule has 0 atom stereocenters. The number of rotatable bonds is 7. The Hall–Kier alpha value is -1.11. The number of aryl methyl sites for hydroxylation is 1. The molecule has 1 aromatic carbocycles. The molecule has 0 unspecified atom stereocenters. The third-order valence-electron chi connectivity index (χ3n) is 2.90. The van der Waals surface area contributed by atoms with Gasteiger partial charge in [0.15, 0.2) is 0 Å². The number of hydrogen-bond acceptors (Lipinski definition) is 4. The first-order valence-electron chi connectivity index (χ1n) is 6.24. The van der Waals surface area contributed by atoms with E-state index in [2.05, 4.69) is 4.72 Å². The largest absolute Gasteiger partial charge is 0.398 e. The molecule has 0 fully saturated rings. The fourth-order valence-corrected chi connectivity index (χ4v) is 3.22. The van der Waals surface area contributed by atoms with Crippen LogP contribution in [0.1, 0.15) is 24.0 Å². The monoisotopic (exact) mass is 286 g/mol. The van der Waals surface area contributed by atoms with Crippen molar-refractivity contribution in [3.63, 3.8) is 0 Å². The van der Waals surface area contributed by atoms with E-state index >= 15 is 0 Å². The standard InChI is InChI=1S/C13H22N2O3S/c1-10-8-12(14)11(2)13(9-10)19(16,17)15-6-4-5-7-18-3/h8-9,15H,4-7,14H2,1-3H3. The SMILES string of the molecule is COCCCCNS(=O)(=O)c1cc(C)cc(N)c1C. The van der Waals surface area contributed by atoms with Gasteiger partial charge in [0.25, 0.3) is 0 Å². The molecular weight excluding hydrogens is 264 g/mol. The van der Waals surface area contributed by atoms with Gasteiger partial charge in [-0.2, -0.15) is 0 Å². The number of nitrogens with one attached hydrogen (secondary N) is 1. The van der Waals surface area contributed by atoms with E-state index in [4.69, 9.17) is 10.5 Å². The molecule has 0 heterocycles. The summed E-state index contributed by atoms with van der Waals surface area (Å²) < 4.78 is 31.9. The molecule has 19 heavy (non-hydrogen) atoms. The minimum Gasteiger partial charge on any atom is -0.398 e. The topological polar surface area (TPSA) is 81.4 Å². The Morgan fingerprint density at radius 1 is 1.26 bits per heavy atom. The van der Waals surface area contributed by atoms with Gasteiger partial charge in [0.05, 0.1) is 4.90 Å². The number of sulfonamides is 1. The van der Waals surface area contributed by atoms with Crippen molar-refractivity contribution >= 4 is 15.7 Å². The molecule has 0 aliphatic carbocycles. The molecule has 0 amide bonds. The molecule has 6 heteroatoms. The third kappa shape index (κ3) is 4.49. The fraction of sp³-hybridized carbons (Fsp3) is 0.538. The van der Waals surface area contributed by atoms with E-state index in [0.717, 1.165) is 18.4 Å². The predicted octanol–water partition coefficient (Wildman–Crippen LogP) is 1.59. The molecule has 0 saturated heterocycles. The van der Waals surface area contributed by atoms with E-state index in [1.807, 2.05) is 6.92 Å². The Labute approximate surface area is 115 Å². The molecule has 0 bridgehead atoms. The molecule has 0 radical (unpaired) electrons. The quantitative estimate of drug-likeness (QED) is 0.589. The Balaban J connectivity index is 2.78. The van der Waals surface area contributed by atoms with Crippen LogP contribution in [0.25, 0.3) is 0 Å². The van der Waals surface area contributed by atoms with Crippen molar-refractivity contribution < 1.29 is 13.2 Å². The third-order valence-corrected chi connectivity index (χ3v) is 4.49. The summed E-state index contributed by atoms with van der Waals surface area (Å²) in [4.78, 5) is 0.261. The number of anilines is 1. The highest BCUT2D eigenvalue weighted by atomic mass is 32.2. The van der Waals surface area contributed by atoms with Crippen LogP contribution in [0.3, 0.4) is 0 Å². The molecule has 0 saturated carbocycles. The van der Waals surface area contributed by atoms with Crippen molar-refractivity contribution in [2.75, 3.05) is 26.0 Å². The van der Waals surface area contributed by atoms with E-state index in [9.17, 15) is 8.42 Å². The van der Waals surface area contributed by atoms with Crippen molar-refractivity contribution in [1.82, 2.24) is 4.72 Å². The number of nitrogen functional groups attached to an aromatic ring is 1. The predicted molar refractivity (Wildman–Crippen MR) is 76.6 cm³/mol. The van der Waals surface area contributed by atoms with Crippen LogP contribution in [0.15, 0.2) is 17.0 Å². The normalized spacial score (nSPS) is 11.7. The van der Waals surface area contributed by atoms with Crippen LogP contribution in [-0.4, -0.2) is 28.7 Å². The summed E-state index contributed by atoms with van der Waals surface area (Å²) in [6.45, 7) is 4.58. The highest BCUT2D eigenvalue weighted by Crippen LogP contribution is 2.22. The lowest BCUT2D eigenvalue weighted by Gasteiger charge is -2.12. The first-order valence-corrected chi connectivity index (χ1v) is 7.72. The smallest absolute Gasteiger partial charge is 0.240 e. The van der Waals surface area contributed by atoms with Gasteiger partial charge < -0.3 is 10.5 Å². The Morgan fingerprint density at radius 3 is 2.58 bits per heavy atom. The molecule has 108 valence electrons. The summed E-state index contributed by atoms with van der Waals surface area (Å²) in [6.07, 6.45) is 1.57. The molecule has 0 aromatic heterocycles. The molecular formula is C13H22N2O3S. The lowest BCUT2D eigenvalue weighted by atomic mass is 10.1. The van der Waals surface area contributed by atoms with Gasteiger partial charge in [0.2, 0.25) is 10.0 Å². The van der Waals surface area contributed by atoms with E-state index in [0.29, 0.717) is 24.4 Å². The van der Waals surface area contributed by atoms with Crippen LogP contribution < -0.4 is 10.5 Å². The average molecular weight is 286 g/mol. The summed E-state index contributed by atoms with van der Waals surface area (Å²) in [7, 11) is -1.87. The zero-order chi connectivity index (χ0) is 14.5. The fourth-order valence-electron chi connectivity index (χ4n) is 1.79. The maximum Gasteiger partial charge on any atom is 0.240 e. The number of methoxy groups -OCH3 is 1. The maximum absolute atomic E-state index is 12.2. The van der Waals surface area contributed by atoms with Crippen molar-refractivity contribution in [3.8, 4) is 0 Å². The van der Waals surface area contributed by atoms with Crippen LogP contribution in [0, 0.1) is 13.8 Å². The van der Waals surface area contributed by atoms with E-state index in [1.165, 1.54) is 0 Å². The second kappa shape index (κ2) is 6.88. The Morgan fingerprint density at radius 2 is 1.95 bits per heavy atom. The summed E-state index contributed by atoms with van der Waals surface area (Å²) >= 11 is 0. The molecule has 0 spiro atoms. The van der Waals surface area contributed by atoms with Crippen LogP contribution in [0.2, 0.25) is 0 Å². The number of hydrogen-bond donors (Lipinski definition) is 2. The minimum atomic E-state index is -3.49. The lowest BCUT2D eigenvalue weighted by Crippen LogP contribution is -2.26. The lowest BCUT2D eigenvalue weighted by molar-refractivity contribution is 0.193. The van der Waals surface area contributed by atoms with Crippen molar-refractivity contribution in [3.05, 3.63) is 23.3 Å². The molecule has 1 aromatic rings. The maximum atomic E-state index is 12.2. The zero-order valence-corrected chi connectivity index (χ0v) is 12.5. The molecule has 1 rings (SSSR count). The van der Waals surface area contributed by atoms with Crippen molar-refractivity contribution in [1.29, 1.82) is 0 Å². The van der Waals surface area contributed by atoms with E-state index in [-0.39, 0.29) is 4.90 Å². The Bertz CT molecular complexity index is 527. The van der Waals surface area contributed by atoms with Crippen molar-refractivity contribution in [2.45, 2.75) is 31.6 Å². The van der Waals surface area contributed by atoms with Crippen LogP contribution >= 0.6 is 0 Å². The van der Waals surface area contributed by atoms with Crippen LogP contribution in [-0.2, 0) is 14.8 Å². The Kier molecular flexibility index (Phi) is 5.78. The molecule has 0 aliphatic rings. The first kappa shape index (κ1) is 15.9. The second-order valence-electron chi connectivity index (χ2n) is 4.57. The van der Waals surface area contributed by atoms with Gasteiger partial charge in [-0.1, -0.05) is 0 Å². The van der Waals surface area contributed by atoms with Gasteiger partial charge in [-0.3, -0.25) is 0 Å². The number of nitrogens with two attached hydrogens (primary N) is 1. The summed E-state index contributed by atoms with van der Waals surface area (Å²) in [5.41, 5.74) is 7.73. The van der Waals surface area contributed by atoms with Gasteiger partial charge in [-0.05, 0) is 49.9 Å². The van der Waals surface area contributed by atoms with Gasteiger partial charge >= 0.3 is 0 Å². The van der Waals surface area contributed by atoms with Gasteiger partial charge in [-0.15, -0.1) is 0 Å². The van der Waals surface area contributed by atoms with Crippen LogP contribution in [0.4, 0.5) is 5.69 Å². The van der Waals surface area contributed by atoms with Gasteiger partial charge in [0.1, 0.15) is 0 Å². The van der Waals surface area contributed by atoms with Crippen molar-refractivity contribution in [2.24, 2.45) is 0 Å².